The van der Waals surface area contributed by atoms with E-state index in [2.05, 4.69) is 10.2 Å². The maximum absolute atomic E-state index is 12.8. The molecule has 1 unspecified atom stereocenters. The topological polar surface area (TPSA) is 58.2 Å². The van der Waals surface area contributed by atoms with E-state index in [-0.39, 0.29) is 12.0 Å². The van der Waals surface area contributed by atoms with Gasteiger partial charge >= 0.3 is 0 Å². The number of nitrogens with one attached hydrogen (secondary N) is 1. The summed E-state index contributed by atoms with van der Waals surface area (Å²) in [6.07, 6.45) is -0.0842. The highest BCUT2D eigenvalue weighted by atomic mass is 16.5. The Morgan fingerprint density at radius 1 is 1.13 bits per heavy atom. The minimum Gasteiger partial charge on any atom is -0.370 e. The lowest BCUT2D eigenvalue weighted by atomic mass is 10.1. The van der Waals surface area contributed by atoms with E-state index in [1.54, 1.807) is 0 Å². The van der Waals surface area contributed by atoms with E-state index in [1.807, 2.05) is 59.5 Å². The van der Waals surface area contributed by atoms with E-state index in [1.165, 1.54) is 0 Å². The van der Waals surface area contributed by atoms with Crippen LogP contribution in [0.5, 0.6) is 0 Å². The molecule has 116 valence electrons. The zero-order chi connectivity index (χ0) is 15.6. The van der Waals surface area contributed by atoms with Crippen LogP contribution in [0, 0.1) is 0 Å². The van der Waals surface area contributed by atoms with E-state index in [0.717, 1.165) is 16.5 Å². The zero-order valence-corrected chi connectivity index (χ0v) is 12.6. The van der Waals surface area contributed by atoms with Crippen molar-refractivity contribution in [1.82, 2.24) is 15.1 Å². The summed E-state index contributed by atoms with van der Waals surface area (Å²) in [7, 11) is 0. The van der Waals surface area contributed by atoms with Gasteiger partial charge in [-0.1, -0.05) is 48.5 Å². The lowest BCUT2D eigenvalue weighted by molar-refractivity contribution is -0.0229. The van der Waals surface area contributed by atoms with E-state index >= 15 is 0 Å². The predicted molar refractivity (Wildman–Crippen MR) is 87.1 cm³/mol. The van der Waals surface area contributed by atoms with Crippen LogP contribution in [0.3, 0.4) is 0 Å². The molecular formula is C18H17N3O2. The molecule has 5 heteroatoms. The molecule has 2 aromatic carbocycles. The maximum atomic E-state index is 12.8. The van der Waals surface area contributed by atoms with Crippen LogP contribution in [-0.2, 0) is 4.74 Å². The van der Waals surface area contributed by atoms with Gasteiger partial charge in [0.1, 0.15) is 6.10 Å². The molecule has 1 fully saturated rings. The molecule has 1 aliphatic rings. The average molecular weight is 307 g/mol. The number of amides is 1. The number of carbonyl (C=O) groups is 1. The Kier molecular flexibility index (Phi) is 3.55. The monoisotopic (exact) mass is 307 g/mol. The standard InChI is InChI=1S/C18H17N3O2/c22-18(17-14-8-4-5-9-15(14)19-20-17)21-10-11-23-16(12-21)13-6-2-1-3-7-13/h1-9,16H,10-12H2,(H,19,20). The minimum atomic E-state index is -0.0842. The molecule has 5 nitrogen and oxygen atoms in total. The summed E-state index contributed by atoms with van der Waals surface area (Å²) in [6, 6.07) is 17.7. The first-order valence-corrected chi connectivity index (χ1v) is 7.72. The molecule has 0 saturated carbocycles. The van der Waals surface area contributed by atoms with Gasteiger partial charge in [0.2, 0.25) is 0 Å². The maximum Gasteiger partial charge on any atom is 0.275 e. The summed E-state index contributed by atoms with van der Waals surface area (Å²) in [5, 5.41) is 7.99. The molecule has 0 aliphatic carbocycles. The van der Waals surface area contributed by atoms with Crippen LogP contribution in [0.1, 0.15) is 22.2 Å². The van der Waals surface area contributed by atoms with E-state index in [0.29, 0.717) is 25.4 Å². The lowest BCUT2D eigenvalue weighted by Gasteiger charge is -2.32. The number of morpholine rings is 1. The Labute approximate surface area is 133 Å². The van der Waals surface area contributed by atoms with Gasteiger partial charge in [-0.05, 0) is 11.6 Å². The molecule has 4 rings (SSSR count). The van der Waals surface area contributed by atoms with Crippen molar-refractivity contribution in [1.29, 1.82) is 0 Å². The molecule has 2 heterocycles. The molecule has 0 spiro atoms. The van der Waals surface area contributed by atoms with Crippen molar-refractivity contribution in [3.8, 4) is 0 Å². The van der Waals surface area contributed by atoms with Gasteiger partial charge < -0.3 is 9.64 Å². The molecule has 1 N–H and O–H groups in total. The number of hydrogen-bond donors (Lipinski definition) is 1. The fraction of sp³-hybridized carbons (Fsp3) is 0.222. The SMILES string of the molecule is O=C(c1n[nH]c2ccccc12)N1CCOC(c2ccccc2)C1. The third-order valence-corrected chi connectivity index (χ3v) is 4.20. The molecule has 1 amide bonds. The number of benzene rings is 2. The van der Waals surface area contributed by atoms with Crippen molar-refractivity contribution in [2.75, 3.05) is 19.7 Å². The van der Waals surface area contributed by atoms with Crippen LogP contribution in [-0.4, -0.2) is 40.7 Å². The van der Waals surface area contributed by atoms with Gasteiger partial charge in [0, 0.05) is 11.9 Å². The second-order valence-electron chi connectivity index (χ2n) is 5.64. The van der Waals surface area contributed by atoms with Crippen molar-refractivity contribution in [2.45, 2.75) is 6.10 Å². The van der Waals surface area contributed by atoms with Crippen molar-refractivity contribution >= 4 is 16.8 Å². The highest BCUT2D eigenvalue weighted by molar-refractivity contribution is 6.04. The molecule has 0 bridgehead atoms. The molecule has 0 radical (unpaired) electrons. The lowest BCUT2D eigenvalue weighted by Crippen LogP contribution is -2.42. The van der Waals surface area contributed by atoms with E-state index < -0.39 is 0 Å². The van der Waals surface area contributed by atoms with Crippen molar-refractivity contribution in [2.24, 2.45) is 0 Å². The predicted octanol–water partition coefficient (Wildman–Crippen LogP) is 2.78. The number of para-hydroxylation sites is 1. The van der Waals surface area contributed by atoms with Crippen LogP contribution in [0.2, 0.25) is 0 Å². The Morgan fingerprint density at radius 3 is 2.78 bits per heavy atom. The number of rotatable bonds is 2. The smallest absolute Gasteiger partial charge is 0.275 e. The first-order chi connectivity index (χ1) is 11.3. The number of nitrogens with zero attached hydrogens (tertiary/aromatic N) is 2. The van der Waals surface area contributed by atoms with E-state index in [9.17, 15) is 4.79 Å². The van der Waals surface area contributed by atoms with Crippen molar-refractivity contribution < 1.29 is 9.53 Å². The van der Waals surface area contributed by atoms with Gasteiger partial charge in [-0.3, -0.25) is 9.89 Å². The molecule has 1 aliphatic heterocycles. The number of ether oxygens (including phenoxy) is 1. The average Bonchev–Trinajstić information content (AvgIpc) is 3.06. The van der Waals surface area contributed by atoms with Crippen LogP contribution >= 0.6 is 0 Å². The van der Waals surface area contributed by atoms with Gasteiger partial charge in [0.25, 0.3) is 5.91 Å². The largest absolute Gasteiger partial charge is 0.370 e. The Bertz CT molecular complexity index is 828. The van der Waals surface area contributed by atoms with Crippen LogP contribution in [0.15, 0.2) is 54.6 Å². The number of hydrogen-bond acceptors (Lipinski definition) is 3. The van der Waals surface area contributed by atoms with Gasteiger partial charge in [-0.15, -0.1) is 0 Å². The Morgan fingerprint density at radius 2 is 1.91 bits per heavy atom. The fourth-order valence-corrected chi connectivity index (χ4v) is 2.98. The normalized spacial score (nSPS) is 18.3. The summed E-state index contributed by atoms with van der Waals surface area (Å²) in [6.45, 7) is 1.67. The first-order valence-electron chi connectivity index (χ1n) is 7.72. The Balaban J connectivity index is 1.59. The number of H-pyrrole nitrogens is 1. The summed E-state index contributed by atoms with van der Waals surface area (Å²) in [4.78, 5) is 14.7. The van der Waals surface area contributed by atoms with Crippen LogP contribution < -0.4 is 0 Å². The van der Waals surface area contributed by atoms with Crippen LogP contribution in [0.25, 0.3) is 10.9 Å². The number of aromatic nitrogens is 2. The molecular weight excluding hydrogens is 290 g/mol. The van der Waals surface area contributed by atoms with Gasteiger partial charge in [0.05, 0.1) is 18.7 Å². The fourth-order valence-electron chi connectivity index (χ4n) is 2.98. The number of fused-ring (bicyclic) bond motifs is 1. The van der Waals surface area contributed by atoms with Gasteiger partial charge in [-0.2, -0.15) is 5.10 Å². The van der Waals surface area contributed by atoms with Gasteiger partial charge in [-0.25, -0.2) is 0 Å². The zero-order valence-electron chi connectivity index (χ0n) is 12.6. The summed E-state index contributed by atoms with van der Waals surface area (Å²) in [5.41, 5.74) is 2.45. The Hall–Kier alpha value is -2.66. The highest BCUT2D eigenvalue weighted by Crippen LogP contribution is 2.24. The molecule has 1 aromatic heterocycles. The number of aromatic amines is 1. The molecule has 1 saturated heterocycles. The third kappa shape index (κ3) is 2.59. The van der Waals surface area contributed by atoms with Crippen LogP contribution in [0.4, 0.5) is 0 Å². The summed E-state index contributed by atoms with van der Waals surface area (Å²) in [5.74, 6) is -0.0494. The second kappa shape index (κ2) is 5.85. The molecule has 23 heavy (non-hydrogen) atoms. The van der Waals surface area contributed by atoms with E-state index in [4.69, 9.17) is 4.74 Å². The number of carbonyl (C=O) groups excluding carboxylic acids is 1. The minimum absolute atomic E-state index is 0.0494. The summed E-state index contributed by atoms with van der Waals surface area (Å²) >= 11 is 0. The van der Waals surface area contributed by atoms with Gasteiger partial charge in [0.15, 0.2) is 5.69 Å². The molecule has 1 atom stereocenters. The third-order valence-electron chi connectivity index (χ3n) is 4.20. The van der Waals surface area contributed by atoms with Crippen molar-refractivity contribution in [3.05, 3.63) is 65.9 Å². The quantitative estimate of drug-likeness (QED) is 0.792. The highest BCUT2D eigenvalue weighted by Gasteiger charge is 2.28. The second-order valence-corrected chi connectivity index (χ2v) is 5.64. The molecule has 3 aromatic rings. The first kappa shape index (κ1) is 14.0. The summed E-state index contributed by atoms with van der Waals surface area (Å²) < 4.78 is 5.83. The van der Waals surface area contributed by atoms with Crippen molar-refractivity contribution in [3.63, 3.8) is 0 Å².